The number of nitrogens with one attached hydrogen (secondary N) is 2. The Labute approximate surface area is 257 Å². The number of hydrogen-bond donors (Lipinski definition) is 2. The molecule has 0 radical (unpaired) electrons. The fraction of sp³-hybridized carbons (Fsp3) is 0.500. The summed E-state index contributed by atoms with van der Waals surface area (Å²) in [4.78, 5) is 56.7. The number of fused-ring (bicyclic) bond motifs is 9. The molecule has 2 saturated heterocycles. The molecule has 4 heterocycles. The Bertz CT molecular complexity index is 1360. The van der Waals surface area contributed by atoms with Crippen LogP contribution in [-0.2, 0) is 27.3 Å². The fourth-order valence-electron chi connectivity index (χ4n) is 5.85. The zero-order valence-corrected chi connectivity index (χ0v) is 25.5. The molecule has 5 amide bonds. The summed E-state index contributed by atoms with van der Waals surface area (Å²) in [5.74, 6) is 0.951. The van der Waals surface area contributed by atoms with Crippen molar-refractivity contribution in [1.29, 1.82) is 0 Å². The van der Waals surface area contributed by atoms with Crippen LogP contribution in [0.3, 0.4) is 0 Å². The summed E-state index contributed by atoms with van der Waals surface area (Å²) in [6.07, 6.45) is 1.43. The van der Waals surface area contributed by atoms with Gasteiger partial charge in [-0.2, -0.15) is 0 Å². The number of hydrogen-bond acceptors (Lipinski definition) is 7. The number of benzene rings is 2. The molecule has 2 aromatic carbocycles. The molecule has 0 saturated carbocycles. The van der Waals surface area contributed by atoms with E-state index in [1.807, 2.05) is 30.3 Å². The second kappa shape index (κ2) is 13.9. The molecule has 44 heavy (non-hydrogen) atoms. The highest BCUT2D eigenvalue weighted by molar-refractivity contribution is 5.81. The summed E-state index contributed by atoms with van der Waals surface area (Å²) in [5.41, 5.74) is 1.75. The number of methoxy groups -OCH3 is 1. The summed E-state index contributed by atoms with van der Waals surface area (Å²) in [7, 11) is 4.98. The van der Waals surface area contributed by atoms with E-state index in [0.717, 1.165) is 11.1 Å². The smallest absolute Gasteiger partial charge is 0.319 e. The van der Waals surface area contributed by atoms with Crippen molar-refractivity contribution >= 4 is 23.8 Å². The fourth-order valence-corrected chi connectivity index (χ4v) is 5.85. The van der Waals surface area contributed by atoms with Gasteiger partial charge in [-0.15, -0.1) is 0 Å². The van der Waals surface area contributed by atoms with E-state index < -0.39 is 12.1 Å². The van der Waals surface area contributed by atoms with Crippen molar-refractivity contribution in [2.75, 3.05) is 54.0 Å². The largest absolute Gasteiger partial charge is 0.493 e. The van der Waals surface area contributed by atoms with Crippen molar-refractivity contribution in [2.45, 2.75) is 44.4 Å². The van der Waals surface area contributed by atoms with Gasteiger partial charge in [0.05, 0.1) is 19.7 Å². The second-order valence-electron chi connectivity index (χ2n) is 11.7. The first-order chi connectivity index (χ1) is 21.2. The average molecular weight is 608 g/mol. The van der Waals surface area contributed by atoms with Crippen molar-refractivity contribution < 1.29 is 33.4 Å². The van der Waals surface area contributed by atoms with Gasteiger partial charge in [-0.05, 0) is 54.7 Å². The topological polar surface area (TPSA) is 130 Å². The van der Waals surface area contributed by atoms with Gasteiger partial charge in [0.1, 0.15) is 11.9 Å². The molecule has 12 nitrogen and oxygen atoms in total. The Morgan fingerprint density at radius 3 is 2.36 bits per heavy atom. The Kier molecular flexibility index (Phi) is 9.76. The van der Waals surface area contributed by atoms with Gasteiger partial charge >= 0.3 is 6.03 Å². The van der Waals surface area contributed by atoms with Crippen molar-refractivity contribution in [3.63, 3.8) is 0 Å². The van der Waals surface area contributed by atoms with Gasteiger partial charge in [0.15, 0.2) is 18.1 Å². The number of amides is 5. The van der Waals surface area contributed by atoms with E-state index in [1.54, 1.807) is 40.9 Å². The highest BCUT2D eigenvalue weighted by atomic mass is 16.5. The summed E-state index contributed by atoms with van der Waals surface area (Å²) in [6.45, 7) is 1.91. The normalized spacial score (nSPS) is 21.4. The van der Waals surface area contributed by atoms with E-state index >= 15 is 0 Å². The van der Waals surface area contributed by atoms with Crippen LogP contribution in [-0.4, -0.2) is 105 Å². The van der Waals surface area contributed by atoms with Crippen molar-refractivity contribution in [3.05, 3.63) is 53.6 Å². The van der Waals surface area contributed by atoms with Gasteiger partial charge in [-0.3, -0.25) is 14.4 Å². The average Bonchev–Trinajstić information content (AvgIpc) is 3.42. The monoisotopic (exact) mass is 607 g/mol. The predicted molar refractivity (Wildman–Crippen MR) is 161 cm³/mol. The third-order valence-corrected chi connectivity index (χ3v) is 8.35. The van der Waals surface area contributed by atoms with Crippen molar-refractivity contribution in [3.8, 4) is 17.2 Å². The molecular formula is C32H41N5O7. The van der Waals surface area contributed by atoms with Gasteiger partial charge in [-0.25, -0.2) is 4.79 Å². The number of rotatable bonds is 2. The molecular weight excluding hydrogens is 566 g/mol. The molecule has 4 aliphatic rings. The molecule has 0 spiro atoms. The number of urea groups is 1. The molecule has 2 fully saturated rings. The van der Waals surface area contributed by atoms with Crippen LogP contribution in [0.5, 0.6) is 17.2 Å². The first kappa shape index (κ1) is 31.0. The molecule has 236 valence electrons. The Balaban J connectivity index is 1.30. The highest BCUT2D eigenvalue weighted by Gasteiger charge is 2.40. The van der Waals surface area contributed by atoms with E-state index in [-0.39, 0.29) is 42.7 Å². The molecule has 2 aromatic rings. The van der Waals surface area contributed by atoms with Crippen LogP contribution < -0.4 is 24.8 Å². The van der Waals surface area contributed by atoms with Crippen molar-refractivity contribution in [2.24, 2.45) is 5.92 Å². The van der Waals surface area contributed by atoms with E-state index in [1.165, 1.54) is 7.11 Å². The molecule has 6 rings (SSSR count). The summed E-state index contributed by atoms with van der Waals surface area (Å²) < 4.78 is 17.5. The van der Waals surface area contributed by atoms with Gasteiger partial charge in [0.25, 0.3) is 5.91 Å². The minimum Gasteiger partial charge on any atom is -0.493 e. The Morgan fingerprint density at radius 2 is 1.66 bits per heavy atom. The first-order valence-corrected chi connectivity index (χ1v) is 15.1. The van der Waals surface area contributed by atoms with E-state index in [4.69, 9.17) is 14.2 Å². The van der Waals surface area contributed by atoms with Crippen LogP contribution in [0.1, 0.15) is 30.4 Å². The second-order valence-corrected chi connectivity index (χ2v) is 11.7. The third kappa shape index (κ3) is 7.53. The van der Waals surface area contributed by atoms with Crippen LogP contribution in [0.15, 0.2) is 42.5 Å². The standard InChI is InChI=1S/C32H41N5O7/c1-35(2)32(41)36-14-12-23(13-15-36)31(40)37-18-25-28(19-37)44-24-8-4-22(5-9-24)17-33-30(39)20-43-27-16-21(6-10-26(27)42-3)7-11-29(38)34-25/h4-6,8-10,16,23,25,28H,7,11-15,17-20H2,1-3H3,(H,33,39)(H,34,38)/t25-,28-/m0/s1. The van der Waals surface area contributed by atoms with Crippen LogP contribution in [0.4, 0.5) is 4.79 Å². The summed E-state index contributed by atoms with van der Waals surface area (Å²) in [6, 6.07) is 12.3. The summed E-state index contributed by atoms with van der Waals surface area (Å²) >= 11 is 0. The zero-order chi connectivity index (χ0) is 31.2. The number of piperidine rings is 1. The molecule has 4 bridgehead atoms. The number of carbonyl (C=O) groups excluding carboxylic acids is 4. The van der Waals surface area contributed by atoms with Gasteiger partial charge in [0, 0.05) is 52.6 Å². The molecule has 0 unspecified atom stereocenters. The quantitative estimate of drug-likeness (QED) is 0.533. The molecule has 2 atom stereocenters. The SMILES string of the molecule is COc1ccc2cc1OCC(=O)NCc1ccc(cc1)O[C@H]1CN(C(=O)C3CCN(C(=O)N(C)C)CC3)C[C@@H]1NC(=O)CC2. The molecule has 0 aliphatic carbocycles. The molecule has 4 aliphatic heterocycles. The lowest BCUT2D eigenvalue weighted by atomic mass is 9.95. The van der Waals surface area contributed by atoms with Crippen LogP contribution in [0, 0.1) is 5.92 Å². The zero-order valence-electron chi connectivity index (χ0n) is 25.5. The highest BCUT2D eigenvalue weighted by Crippen LogP contribution is 2.29. The third-order valence-electron chi connectivity index (χ3n) is 8.35. The van der Waals surface area contributed by atoms with E-state index in [9.17, 15) is 19.2 Å². The maximum absolute atomic E-state index is 13.6. The van der Waals surface area contributed by atoms with Crippen LogP contribution in [0.2, 0.25) is 0 Å². The number of likely N-dealkylation sites (tertiary alicyclic amines) is 2. The van der Waals surface area contributed by atoms with E-state index in [2.05, 4.69) is 10.6 Å². The molecule has 0 aromatic heterocycles. The van der Waals surface area contributed by atoms with Gasteiger partial charge < -0.3 is 39.5 Å². The van der Waals surface area contributed by atoms with Gasteiger partial charge in [-0.1, -0.05) is 18.2 Å². The number of nitrogens with zero attached hydrogens (tertiary/aromatic N) is 3. The lowest BCUT2D eigenvalue weighted by molar-refractivity contribution is -0.136. The lowest BCUT2D eigenvalue weighted by Crippen LogP contribution is -2.47. The predicted octanol–water partition coefficient (Wildman–Crippen LogP) is 1.80. The number of carbonyl (C=O) groups is 4. The van der Waals surface area contributed by atoms with Crippen LogP contribution >= 0.6 is 0 Å². The number of ether oxygens (including phenoxy) is 3. The minimum absolute atomic E-state index is 0.0265. The molecule has 12 heteroatoms. The maximum atomic E-state index is 13.6. The van der Waals surface area contributed by atoms with E-state index in [0.29, 0.717) is 69.2 Å². The Morgan fingerprint density at radius 1 is 0.932 bits per heavy atom. The number of aryl methyl sites for hydroxylation is 1. The molecule has 2 N–H and O–H groups in total. The maximum Gasteiger partial charge on any atom is 0.319 e. The Hall–Kier alpha value is -4.48. The van der Waals surface area contributed by atoms with Crippen molar-refractivity contribution in [1.82, 2.24) is 25.3 Å². The lowest BCUT2D eigenvalue weighted by Gasteiger charge is -2.34. The first-order valence-electron chi connectivity index (χ1n) is 15.1. The van der Waals surface area contributed by atoms with Crippen LogP contribution in [0.25, 0.3) is 0 Å². The van der Waals surface area contributed by atoms with Gasteiger partial charge in [0.2, 0.25) is 11.8 Å². The minimum atomic E-state index is -0.438. The summed E-state index contributed by atoms with van der Waals surface area (Å²) in [5, 5.41) is 5.97.